The van der Waals surface area contributed by atoms with Gasteiger partial charge in [0.05, 0.1) is 5.02 Å². The minimum atomic E-state index is -0.376. The first kappa shape index (κ1) is 11.1. The first-order valence-electron chi connectivity index (χ1n) is 4.82. The van der Waals surface area contributed by atoms with Gasteiger partial charge < -0.3 is 10.3 Å². The Morgan fingerprint density at radius 1 is 1.38 bits per heavy atom. The summed E-state index contributed by atoms with van der Waals surface area (Å²) in [4.78, 5) is 0. The lowest BCUT2D eigenvalue weighted by molar-refractivity contribution is 0.386. The first-order chi connectivity index (χ1) is 7.70. The van der Waals surface area contributed by atoms with E-state index in [4.69, 9.17) is 21.9 Å². The molecule has 0 bridgehead atoms. The molecule has 0 aliphatic rings. The number of benzene rings is 1. The fourth-order valence-corrected chi connectivity index (χ4v) is 1.66. The molecular formula is C11H10ClFN2O. The van der Waals surface area contributed by atoms with Gasteiger partial charge in [-0.2, -0.15) is 0 Å². The standard InChI is InChI=1S/C11H10ClFN2O/c12-10-5-7(13)1-2-9(10)11-6-8(3-4-14)16-15-11/h1-2,5-6H,3-4,14H2. The van der Waals surface area contributed by atoms with Gasteiger partial charge in [0.1, 0.15) is 17.3 Å². The van der Waals surface area contributed by atoms with Crippen molar-refractivity contribution in [2.45, 2.75) is 6.42 Å². The zero-order valence-electron chi connectivity index (χ0n) is 8.41. The zero-order valence-corrected chi connectivity index (χ0v) is 9.17. The lowest BCUT2D eigenvalue weighted by Crippen LogP contribution is -2.01. The lowest BCUT2D eigenvalue weighted by Gasteiger charge is -1.98. The van der Waals surface area contributed by atoms with Crippen LogP contribution in [0.5, 0.6) is 0 Å². The molecule has 16 heavy (non-hydrogen) atoms. The molecule has 0 aliphatic heterocycles. The van der Waals surface area contributed by atoms with Gasteiger partial charge in [-0.25, -0.2) is 4.39 Å². The van der Waals surface area contributed by atoms with Crippen LogP contribution >= 0.6 is 11.6 Å². The van der Waals surface area contributed by atoms with Gasteiger partial charge in [-0.1, -0.05) is 16.8 Å². The lowest BCUT2D eigenvalue weighted by atomic mass is 10.1. The van der Waals surface area contributed by atoms with E-state index in [-0.39, 0.29) is 5.82 Å². The average Bonchev–Trinajstić information content (AvgIpc) is 2.67. The number of aromatic nitrogens is 1. The van der Waals surface area contributed by atoms with E-state index in [1.54, 1.807) is 12.1 Å². The maximum Gasteiger partial charge on any atom is 0.138 e. The van der Waals surface area contributed by atoms with E-state index in [9.17, 15) is 4.39 Å². The number of hydrogen-bond donors (Lipinski definition) is 1. The van der Waals surface area contributed by atoms with Gasteiger partial charge in [0.25, 0.3) is 0 Å². The van der Waals surface area contributed by atoms with E-state index in [1.807, 2.05) is 0 Å². The second-order valence-corrected chi connectivity index (χ2v) is 3.75. The third-order valence-electron chi connectivity index (χ3n) is 2.16. The highest BCUT2D eigenvalue weighted by atomic mass is 35.5. The van der Waals surface area contributed by atoms with Crippen molar-refractivity contribution in [2.24, 2.45) is 5.73 Å². The van der Waals surface area contributed by atoms with Crippen LogP contribution in [0.25, 0.3) is 11.3 Å². The van der Waals surface area contributed by atoms with Gasteiger partial charge in [0.2, 0.25) is 0 Å². The Morgan fingerprint density at radius 2 is 2.19 bits per heavy atom. The molecule has 1 aromatic carbocycles. The third-order valence-corrected chi connectivity index (χ3v) is 2.47. The van der Waals surface area contributed by atoms with Crippen LogP contribution in [0.3, 0.4) is 0 Å². The summed E-state index contributed by atoms with van der Waals surface area (Å²) in [5.74, 6) is 0.317. The number of rotatable bonds is 3. The van der Waals surface area contributed by atoms with Crippen molar-refractivity contribution in [3.8, 4) is 11.3 Å². The normalized spacial score (nSPS) is 10.7. The molecule has 0 aliphatic carbocycles. The molecule has 1 heterocycles. The molecule has 84 valence electrons. The molecule has 0 saturated heterocycles. The van der Waals surface area contributed by atoms with Crippen molar-refractivity contribution >= 4 is 11.6 Å². The van der Waals surface area contributed by atoms with Gasteiger partial charge in [0, 0.05) is 18.1 Å². The highest BCUT2D eigenvalue weighted by Gasteiger charge is 2.10. The van der Waals surface area contributed by atoms with Gasteiger partial charge >= 0.3 is 0 Å². The Bertz CT molecular complexity index is 498. The van der Waals surface area contributed by atoms with Crippen LogP contribution in [0, 0.1) is 5.82 Å². The zero-order chi connectivity index (χ0) is 11.5. The molecule has 5 heteroatoms. The Hall–Kier alpha value is -1.39. The van der Waals surface area contributed by atoms with Crippen LogP contribution in [0.1, 0.15) is 5.76 Å². The van der Waals surface area contributed by atoms with Gasteiger partial charge in [-0.15, -0.1) is 0 Å². The minimum Gasteiger partial charge on any atom is -0.361 e. The Balaban J connectivity index is 2.35. The Morgan fingerprint density at radius 3 is 2.88 bits per heavy atom. The van der Waals surface area contributed by atoms with Gasteiger partial charge in [-0.05, 0) is 24.7 Å². The Kier molecular flexibility index (Phi) is 3.22. The minimum absolute atomic E-state index is 0.313. The number of nitrogens with two attached hydrogens (primary N) is 1. The quantitative estimate of drug-likeness (QED) is 0.897. The van der Waals surface area contributed by atoms with Crippen molar-refractivity contribution < 1.29 is 8.91 Å². The number of nitrogens with zero attached hydrogens (tertiary/aromatic N) is 1. The molecule has 0 fully saturated rings. The molecule has 0 amide bonds. The van der Waals surface area contributed by atoms with E-state index in [0.29, 0.717) is 35.0 Å². The predicted octanol–water partition coefficient (Wildman–Crippen LogP) is 2.64. The molecule has 2 N–H and O–H groups in total. The SMILES string of the molecule is NCCc1cc(-c2ccc(F)cc2Cl)no1. The Labute approximate surface area is 97.0 Å². The van der Waals surface area contributed by atoms with E-state index in [1.165, 1.54) is 12.1 Å². The maximum atomic E-state index is 12.8. The molecule has 0 spiro atoms. The van der Waals surface area contributed by atoms with Crippen LogP contribution in [0.4, 0.5) is 4.39 Å². The van der Waals surface area contributed by atoms with E-state index < -0.39 is 0 Å². The van der Waals surface area contributed by atoms with Crippen molar-refractivity contribution in [3.05, 3.63) is 40.9 Å². The summed E-state index contributed by atoms with van der Waals surface area (Å²) in [7, 11) is 0. The topological polar surface area (TPSA) is 52.0 Å². The summed E-state index contributed by atoms with van der Waals surface area (Å²) in [5.41, 5.74) is 6.63. The maximum absolute atomic E-state index is 12.8. The molecule has 1 aromatic heterocycles. The smallest absolute Gasteiger partial charge is 0.138 e. The highest BCUT2D eigenvalue weighted by Crippen LogP contribution is 2.28. The van der Waals surface area contributed by atoms with Crippen molar-refractivity contribution in [1.82, 2.24) is 5.16 Å². The third kappa shape index (κ3) is 2.23. The fraction of sp³-hybridized carbons (Fsp3) is 0.182. The van der Waals surface area contributed by atoms with Crippen LogP contribution < -0.4 is 5.73 Å². The fourth-order valence-electron chi connectivity index (χ4n) is 1.40. The summed E-state index contributed by atoms with van der Waals surface area (Å²) in [6.45, 7) is 0.492. The van der Waals surface area contributed by atoms with Crippen molar-refractivity contribution in [1.29, 1.82) is 0 Å². The van der Waals surface area contributed by atoms with Crippen LogP contribution in [-0.4, -0.2) is 11.7 Å². The predicted molar refractivity (Wildman–Crippen MR) is 59.7 cm³/mol. The largest absolute Gasteiger partial charge is 0.361 e. The van der Waals surface area contributed by atoms with Crippen molar-refractivity contribution in [2.75, 3.05) is 6.54 Å². The number of hydrogen-bond acceptors (Lipinski definition) is 3. The number of halogens is 2. The second kappa shape index (κ2) is 4.63. The average molecular weight is 241 g/mol. The molecule has 0 unspecified atom stereocenters. The van der Waals surface area contributed by atoms with Gasteiger partial charge in [0.15, 0.2) is 0 Å². The monoisotopic (exact) mass is 240 g/mol. The van der Waals surface area contributed by atoms with Crippen LogP contribution in [-0.2, 0) is 6.42 Å². The van der Waals surface area contributed by atoms with Crippen LogP contribution in [0.2, 0.25) is 5.02 Å². The van der Waals surface area contributed by atoms with Crippen LogP contribution in [0.15, 0.2) is 28.8 Å². The molecule has 0 radical (unpaired) electrons. The second-order valence-electron chi connectivity index (χ2n) is 3.34. The molecule has 0 saturated carbocycles. The molecule has 0 atom stereocenters. The van der Waals surface area contributed by atoms with Crippen molar-refractivity contribution in [3.63, 3.8) is 0 Å². The highest BCUT2D eigenvalue weighted by molar-refractivity contribution is 6.33. The van der Waals surface area contributed by atoms with E-state index >= 15 is 0 Å². The van der Waals surface area contributed by atoms with E-state index in [0.717, 1.165) is 0 Å². The molecule has 2 aromatic rings. The molecule has 3 nitrogen and oxygen atoms in total. The van der Waals surface area contributed by atoms with Gasteiger partial charge in [-0.3, -0.25) is 0 Å². The molecule has 2 rings (SSSR count). The first-order valence-corrected chi connectivity index (χ1v) is 5.19. The summed E-state index contributed by atoms with van der Waals surface area (Å²) in [6.07, 6.45) is 0.617. The summed E-state index contributed by atoms with van der Waals surface area (Å²) in [5, 5.41) is 4.17. The summed E-state index contributed by atoms with van der Waals surface area (Å²) in [6, 6.07) is 5.90. The van der Waals surface area contributed by atoms with E-state index in [2.05, 4.69) is 5.16 Å². The molecular weight excluding hydrogens is 231 g/mol. The summed E-state index contributed by atoms with van der Waals surface area (Å²) < 4.78 is 17.9. The summed E-state index contributed by atoms with van der Waals surface area (Å²) >= 11 is 5.90.